The Hall–Kier alpha value is -2.04. The number of hydrogen-bond acceptors (Lipinski definition) is 5. The number of esters is 1. The van der Waals surface area contributed by atoms with Crippen LogP contribution in [0.15, 0.2) is 23.4 Å². The zero-order valence-corrected chi connectivity index (χ0v) is 10.3. The van der Waals surface area contributed by atoms with Crippen LogP contribution in [0.1, 0.15) is 17.5 Å². The Morgan fingerprint density at radius 1 is 1.50 bits per heavy atom. The largest absolute Gasteiger partial charge is 0.496 e. The molecule has 0 saturated carbocycles. The predicted octanol–water partition coefficient (Wildman–Crippen LogP) is 1.61. The van der Waals surface area contributed by atoms with E-state index in [-0.39, 0.29) is 18.3 Å². The van der Waals surface area contributed by atoms with Crippen LogP contribution in [0.3, 0.4) is 0 Å². The molecule has 2 rings (SSSR count). The Morgan fingerprint density at radius 3 is 2.89 bits per heavy atom. The number of oxime groups is 1. The molecule has 1 atom stereocenters. The van der Waals surface area contributed by atoms with Gasteiger partial charge in [0, 0.05) is 17.0 Å². The van der Waals surface area contributed by atoms with Crippen molar-refractivity contribution in [3.8, 4) is 5.75 Å². The summed E-state index contributed by atoms with van der Waals surface area (Å²) in [6.45, 7) is 0. The first-order valence-electron chi connectivity index (χ1n) is 5.66. The van der Waals surface area contributed by atoms with E-state index in [2.05, 4.69) is 9.89 Å². The normalized spacial score (nSPS) is 19.7. The van der Waals surface area contributed by atoms with Crippen molar-refractivity contribution in [3.05, 3.63) is 29.3 Å². The van der Waals surface area contributed by atoms with Crippen molar-refractivity contribution < 1.29 is 19.5 Å². The summed E-state index contributed by atoms with van der Waals surface area (Å²) in [5.41, 5.74) is 2.33. The molecule has 0 aromatic heterocycles. The van der Waals surface area contributed by atoms with Crippen LogP contribution in [0.5, 0.6) is 5.75 Å². The molecule has 5 heteroatoms. The van der Waals surface area contributed by atoms with Crippen LogP contribution >= 0.6 is 0 Å². The minimum absolute atomic E-state index is 0.159. The number of nitrogens with zero attached hydrogens (tertiary/aromatic N) is 1. The highest BCUT2D eigenvalue weighted by molar-refractivity contribution is 6.07. The van der Waals surface area contributed by atoms with Gasteiger partial charge in [-0.3, -0.25) is 4.79 Å². The summed E-state index contributed by atoms with van der Waals surface area (Å²) in [4.78, 5) is 11.3. The van der Waals surface area contributed by atoms with Gasteiger partial charge in [0.15, 0.2) is 0 Å². The second-order valence-corrected chi connectivity index (χ2v) is 4.15. The van der Waals surface area contributed by atoms with Crippen molar-refractivity contribution in [3.63, 3.8) is 0 Å². The number of rotatable bonds is 3. The fourth-order valence-electron chi connectivity index (χ4n) is 2.36. The molecule has 0 radical (unpaired) electrons. The van der Waals surface area contributed by atoms with E-state index in [9.17, 15) is 4.79 Å². The molecule has 0 heterocycles. The van der Waals surface area contributed by atoms with Gasteiger partial charge >= 0.3 is 5.97 Å². The fraction of sp³-hybridized carbons (Fsp3) is 0.385. The molecular formula is C13H15NO4. The predicted molar refractivity (Wildman–Crippen MR) is 65.1 cm³/mol. The first-order chi connectivity index (χ1) is 8.71. The summed E-state index contributed by atoms with van der Waals surface area (Å²) in [5, 5.41) is 12.5. The van der Waals surface area contributed by atoms with Crippen molar-refractivity contribution in [1.29, 1.82) is 0 Å². The molecule has 0 spiro atoms. The minimum Gasteiger partial charge on any atom is -0.496 e. The quantitative estimate of drug-likeness (QED) is 0.502. The Kier molecular flexibility index (Phi) is 3.50. The van der Waals surface area contributed by atoms with Crippen LogP contribution in [0.25, 0.3) is 0 Å². The average molecular weight is 249 g/mol. The number of carbonyl (C=O) groups is 1. The molecule has 0 amide bonds. The summed E-state index contributed by atoms with van der Waals surface area (Å²) < 4.78 is 9.93. The Morgan fingerprint density at radius 2 is 2.28 bits per heavy atom. The standard InChI is InChI=1S/C13H15NO4/c1-17-11-5-3-4-9-10(11)6-8(13(9)14-16)7-12(15)18-2/h3-5,8,16H,6-7H2,1-2H3. The average Bonchev–Trinajstić information content (AvgIpc) is 2.75. The monoisotopic (exact) mass is 249 g/mol. The molecule has 18 heavy (non-hydrogen) atoms. The van der Waals surface area contributed by atoms with E-state index < -0.39 is 0 Å². The number of ether oxygens (including phenoxy) is 2. The van der Waals surface area contributed by atoms with Crippen molar-refractivity contribution in [2.24, 2.45) is 11.1 Å². The van der Waals surface area contributed by atoms with Gasteiger partial charge in [-0.15, -0.1) is 0 Å². The molecule has 1 N–H and O–H groups in total. The van der Waals surface area contributed by atoms with Crippen LogP contribution in [-0.4, -0.2) is 31.1 Å². The summed E-state index contributed by atoms with van der Waals surface area (Å²) in [7, 11) is 2.94. The molecule has 1 aromatic carbocycles. The topological polar surface area (TPSA) is 68.1 Å². The molecule has 1 aliphatic rings. The maximum absolute atomic E-state index is 11.3. The van der Waals surface area contributed by atoms with Crippen LogP contribution in [0.4, 0.5) is 0 Å². The molecule has 0 aliphatic heterocycles. The Labute approximate surface area is 105 Å². The molecular weight excluding hydrogens is 234 g/mol. The number of carbonyl (C=O) groups excluding carboxylic acids is 1. The smallest absolute Gasteiger partial charge is 0.306 e. The van der Waals surface area contributed by atoms with Gasteiger partial charge in [0.25, 0.3) is 0 Å². The van der Waals surface area contributed by atoms with E-state index in [4.69, 9.17) is 9.94 Å². The molecule has 5 nitrogen and oxygen atoms in total. The third kappa shape index (κ3) is 2.03. The zero-order chi connectivity index (χ0) is 13.1. The first kappa shape index (κ1) is 12.4. The van der Waals surface area contributed by atoms with Gasteiger partial charge in [-0.05, 0) is 12.5 Å². The van der Waals surface area contributed by atoms with Crippen molar-refractivity contribution in [2.75, 3.05) is 14.2 Å². The summed E-state index contributed by atoms with van der Waals surface area (Å²) >= 11 is 0. The molecule has 0 fully saturated rings. The lowest BCUT2D eigenvalue weighted by Crippen LogP contribution is -2.16. The fourth-order valence-corrected chi connectivity index (χ4v) is 2.36. The van der Waals surface area contributed by atoms with Gasteiger partial charge in [-0.2, -0.15) is 0 Å². The van der Waals surface area contributed by atoms with Gasteiger partial charge in [0.05, 0.1) is 26.4 Å². The highest BCUT2D eigenvalue weighted by Gasteiger charge is 2.33. The van der Waals surface area contributed by atoms with Crippen LogP contribution in [0.2, 0.25) is 0 Å². The second kappa shape index (κ2) is 5.08. The van der Waals surface area contributed by atoms with Crippen LogP contribution in [0, 0.1) is 5.92 Å². The van der Waals surface area contributed by atoms with E-state index in [1.54, 1.807) is 7.11 Å². The van der Waals surface area contributed by atoms with Gasteiger partial charge in [0.2, 0.25) is 0 Å². The number of methoxy groups -OCH3 is 2. The Bertz CT molecular complexity index is 496. The van der Waals surface area contributed by atoms with Gasteiger partial charge in [0.1, 0.15) is 5.75 Å². The number of hydrogen-bond donors (Lipinski definition) is 1. The highest BCUT2D eigenvalue weighted by atomic mass is 16.5. The van der Waals surface area contributed by atoms with Crippen LogP contribution < -0.4 is 4.74 Å². The third-order valence-electron chi connectivity index (χ3n) is 3.21. The molecule has 96 valence electrons. The molecule has 0 bridgehead atoms. The lowest BCUT2D eigenvalue weighted by molar-refractivity contribution is -0.141. The van der Waals surface area contributed by atoms with Gasteiger partial charge in [-0.1, -0.05) is 17.3 Å². The van der Waals surface area contributed by atoms with E-state index in [0.29, 0.717) is 12.1 Å². The molecule has 0 saturated heterocycles. The van der Waals surface area contributed by atoms with E-state index in [0.717, 1.165) is 16.9 Å². The van der Waals surface area contributed by atoms with Crippen LogP contribution in [-0.2, 0) is 16.0 Å². The molecule has 1 unspecified atom stereocenters. The highest BCUT2D eigenvalue weighted by Crippen LogP contribution is 2.35. The Balaban J connectivity index is 2.34. The zero-order valence-electron chi connectivity index (χ0n) is 10.3. The molecule has 1 aliphatic carbocycles. The maximum atomic E-state index is 11.3. The van der Waals surface area contributed by atoms with Gasteiger partial charge < -0.3 is 14.7 Å². The maximum Gasteiger partial charge on any atom is 0.306 e. The number of benzene rings is 1. The molecule has 1 aromatic rings. The SMILES string of the molecule is COC(=O)CC1Cc2c(OC)cccc2C1=NO. The van der Waals surface area contributed by atoms with Crippen molar-refractivity contribution in [1.82, 2.24) is 0 Å². The summed E-state index contributed by atoms with van der Waals surface area (Å²) in [6, 6.07) is 5.56. The van der Waals surface area contributed by atoms with Crippen molar-refractivity contribution >= 4 is 11.7 Å². The lowest BCUT2D eigenvalue weighted by atomic mass is 10.0. The van der Waals surface area contributed by atoms with Crippen molar-refractivity contribution in [2.45, 2.75) is 12.8 Å². The summed E-state index contributed by atoms with van der Waals surface area (Å²) in [5.74, 6) is 0.280. The minimum atomic E-state index is -0.312. The first-order valence-corrected chi connectivity index (χ1v) is 5.66. The van der Waals surface area contributed by atoms with E-state index in [1.165, 1.54) is 7.11 Å². The van der Waals surface area contributed by atoms with E-state index >= 15 is 0 Å². The number of fused-ring (bicyclic) bond motifs is 1. The van der Waals surface area contributed by atoms with E-state index in [1.807, 2.05) is 18.2 Å². The van der Waals surface area contributed by atoms with Gasteiger partial charge in [-0.25, -0.2) is 0 Å². The third-order valence-corrected chi connectivity index (χ3v) is 3.21. The second-order valence-electron chi connectivity index (χ2n) is 4.15. The summed E-state index contributed by atoms with van der Waals surface area (Å²) in [6.07, 6.45) is 0.821. The lowest BCUT2D eigenvalue weighted by Gasteiger charge is -2.07.